The van der Waals surface area contributed by atoms with Gasteiger partial charge in [-0.2, -0.15) is 11.3 Å². The van der Waals surface area contributed by atoms with Crippen LogP contribution < -0.4 is 5.32 Å². The fourth-order valence-corrected chi connectivity index (χ4v) is 2.74. The first-order valence-corrected chi connectivity index (χ1v) is 7.08. The number of carbonyl (C=O) groups is 1. The van der Waals surface area contributed by atoms with E-state index in [1.54, 1.807) is 0 Å². The monoisotopic (exact) mass is 275 g/mol. The van der Waals surface area contributed by atoms with E-state index < -0.39 is 6.10 Å². The Kier molecular flexibility index (Phi) is 4.35. The third-order valence-electron chi connectivity index (χ3n) is 3.09. The van der Waals surface area contributed by atoms with Crippen LogP contribution >= 0.6 is 11.3 Å². The maximum atomic E-state index is 12.1. The Morgan fingerprint density at radius 3 is 2.58 bits per heavy atom. The lowest BCUT2D eigenvalue weighted by molar-refractivity contribution is 0.0915. The van der Waals surface area contributed by atoms with Gasteiger partial charge in [0, 0.05) is 12.1 Å². The van der Waals surface area contributed by atoms with Gasteiger partial charge in [-0.1, -0.05) is 18.2 Å². The summed E-state index contributed by atoms with van der Waals surface area (Å²) in [5.74, 6) is -0.134. The highest BCUT2D eigenvalue weighted by molar-refractivity contribution is 7.07. The number of aryl methyl sites for hydroxylation is 2. The molecule has 0 bridgehead atoms. The van der Waals surface area contributed by atoms with Gasteiger partial charge in [-0.05, 0) is 47.4 Å². The number of amides is 1. The van der Waals surface area contributed by atoms with Crippen LogP contribution in [0.4, 0.5) is 0 Å². The zero-order chi connectivity index (χ0) is 13.8. The highest BCUT2D eigenvalue weighted by Gasteiger charge is 2.14. The molecule has 19 heavy (non-hydrogen) atoms. The second-order valence-electron chi connectivity index (χ2n) is 4.55. The largest absolute Gasteiger partial charge is 0.387 e. The van der Waals surface area contributed by atoms with Crippen molar-refractivity contribution in [2.24, 2.45) is 0 Å². The van der Waals surface area contributed by atoms with Gasteiger partial charge in [0.15, 0.2) is 0 Å². The number of carbonyl (C=O) groups excluding carboxylic acids is 1. The normalized spacial score (nSPS) is 12.2. The Labute approximate surface area is 116 Å². The summed E-state index contributed by atoms with van der Waals surface area (Å²) in [5.41, 5.74) is 3.43. The van der Waals surface area contributed by atoms with Crippen molar-refractivity contribution in [2.75, 3.05) is 6.54 Å². The van der Waals surface area contributed by atoms with Crippen molar-refractivity contribution >= 4 is 17.2 Å². The highest BCUT2D eigenvalue weighted by atomic mass is 32.1. The van der Waals surface area contributed by atoms with Gasteiger partial charge in [-0.3, -0.25) is 4.79 Å². The molecule has 2 rings (SSSR count). The number of aliphatic hydroxyl groups is 1. The van der Waals surface area contributed by atoms with E-state index in [9.17, 15) is 9.90 Å². The molecule has 1 amide bonds. The predicted molar refractivity (Wildman–Crippen MR) is 77.5 cm³/mol. The topological polar surface area (TPSA) is 49.3 Å². The Balaban J connectivity index is 2.02. The van der Waals surface area contributed by atoms with Gasteiger partial charge in [0.05, 0.1) is 6.10 Å². The van der Waals surface area contributed by atoms with Crippen LogP contribution in [0.2, 0.25) is 0 Å². The zero-order valence-electron chi connectivity index (χ0n) is 11.0. The van der Waals surface area contributed by atoms with Crippen LogP contribution in [-0.4, -0.2) is 17.6 Å². The molecule has 0 saturated carbocycles. The summed E-state index contributed by atoms with van der Waals surface area (Å²) >= 11 is 1.53. The van der Waals surface area contributed by atoms with Crippen molar-refractivity contribution in [1.82, 2.24) is 5.32 Å². The van der Waals surface area contributed by atoms with Gasteiger partial charge in [-0.25, -0.2) is 0 Å². The minimum absolute atomic E-state index is 0.134. The number of nitrogens with one attached hydrogen (secondary N) is 1. The second kappa shape index (κ2) is 5.99. The standard InChI is InChI=1S/C15H17NO2S/c1-10-4-3-5-11(2)14(10)15(18)16-8-13(17)12-6-7-19-9-12/h3-7,9,13,17H,8H2,1-2H3,(H,16,18). The smallest absolute Gasteiger partial charge is 0.251 e. The summed E-state index contributed by atoms with van der Waals surface area (Å²) in [5, 5.41) is 16.5. The molecule has 1 heterocycles. The molecule has 2 N–H and O–H groups in total. The van der Waals surface area contributed by atoms with Crippen molar-refractivity contribution in [1.29, 1.82) is 0 Å². The molecule has 1 unspecified atom stereocenters. The molecule has 0 spiro atoms. The summed E-state index contributed by atoms with van der Waals surface area (Å²) in [6.45, 7) is 4.05. The van der Waals surface area contributed by atoms with E-state index in [4.69, 9.17) is 0 Å². The second-order valence-corrected chi connectivity index (χ2v) is 5.33. The number of hydrogen-bond acceptors (Lipinski definition) is 3. The van der Waals surface area contributed by atoms with E-state index in [1.807, 2.05) is 48.9 Å². The summed E-state index contributed by atoms with van der Waals surface area (Å²) in [6, 6.07) is 7.62. The Bertz CT molecular complexity index is 543. The first-order chi connectivity index (χ1) is 9.09. The molecular weight excluding hydrogens is 258 g/mol. The van der Waals surface area contributed by atoms with Crippen LogP contribution in [0.5, 0.6) is 0 Å². The van der Waals surface area contributed by atoms with Crippen molar-refractivity contribution in [3.05, 3.63) is 57.3 Å². The van der Waals surface area contributed by atoms with E-state index in [0.29, 0.717) is 5.56 Å². The molecule has 1 atom stereocenters. The maximum Gasteiger partial charge on any atom is 0.251 e. The molecule has 0 fully saturated rings. The molecule has 0 saturated heterocycles. The van der Waals surface area contributed by atoms with Crippen LogP contribution in [0, 0.1) is 13.8 Å². The molecular formula is C15H17NO2S. The zero-order valence-corrected chi connectivity index (χ0v) is 11.8. The average Bonchev–Trinajstić information content (AvgIpc) is 2.89. The van der Waals surface area contributed by atoms with Gasteiger partial charge in [0.1, 0.15) is 0 Å². The molecule has 4 heteroatoms. The van der Waals surface area contributed by atoms with Crippen molar-refractivity contribution in [2.45, 2.75) is 20.0 Å². The lowest BCUT2D eigenvalue weighted by atomic mass is 10.0. The first-order valence-electron chi connectivity index (χ1n) is 6.14. The van der Waals surface area contributed by atoms with E-state index in [2.05, 4.69) is 5.32 Å². The quantitative estimate of drug-likeness (QED) is 0.901. The molecule has 0 radical (unpaired) electrons. The van der Waals surface area contributed by atoms with Crippen LogP contribution in [0.1, 0.15) is 33.2 Å². The molecule has 2 aromatic rings. The molecule has 0 aliphatic rings. The Morgan fingerprint density at radius 1 is 1.32 bits per heavy atom. The minimum atomic E-state index is -0.653. The molecule has 100 valence electrons. The van der Waals surface area contributed by atoms with E-state index >= 15 is 0 Å². The van der Waals surface area contributed by atoms with Crippen LogP contribution in [0.3, 0.4) is 0 Å². The highest BCUT2D eigenvalue weighted by Crippen LogP contribution is 2.16. The third-order valence-corrected chi connectivity index (χ3v) is 3.79. The molecule has 3 nitrogen and oxygen atoms in total. The number of thiophene rings is 1. The molecule has 0 aliphatic carbocycles. The summed E-state index contributed by atoms with van der Waals surface area (Å²) < 4.78 is 0. The molecule has 1 aromatic carbocycles. The van der Waals surface area contributed by atoms with Gasteiger partial charge >= 0.3 is 0 Å². The van der Waals surface area contributed by atoms with Gasteiger partial charge < -0.3 is 10.4 Å². The number of rotatable bonds is 4. The number of benzene rings is 1. The number of hydrogen-bond donors (Lipinski definition) is 2. The predicted octanol–water partition coefficient (Wildman–Crippen LogP) is 2.83. The van der Waals surface area contributed by atoms with E-state index in [1.165, 1.54) is 11.3 Å². The summed E-state index contributed by atoms with van der Waals surface area (Å²) in [6.07, 6.45) is -0.653. The van der Waals surface area contributed by atoms with Crippen molar-refractivity contribution in [3.63, 3.8) is 0 Å². The summed E-state index contributed by atoms with van der Waals surface area (Å²) in [7, 11) is 0. The van der Waals surface area contributed by atoms with Gasteiger partial charge in [0.25, 0.3) is 5.91 Å². The molecule has 0 aliphatic heterocycles. The molecule has 1 aromatic heterocycles. The summed E-state index contributed by atoms with van der Waals surface area (Å²) in [4.78, 5) is 12.1. The number of aliphatic hydroxyl groups excluding tert-OH is 1. The minimum Gasteiger partial charge on any atom is -0.387 e. The van der Waals surface area contributed by atoms with E-state index in [0.717, 1.165) is 16.7 Å². The van der Waals surface area contributed by atoms with Crippen LogP contribution in [0.25, 0.3) is 0 Å². The maximum absolute atomic E-state index is 12.1. The Hall–Kier alpha value is -1.65. The van der Waals surface area contributed by atoms with Crippen molar-refractivity contribution in [3.8, 4) is 0 Å². The lowest BCUT2D eigenvalue weighted by Gasteiger charge is -2.13. The average molecular weight is 275 g/mol. The fourth-order valence-electron chi connectivity index (χ4n) is 2.03. The van der Waals surface area contributed by atoms with E-state index in [-0.39, 0.29) is 12.5 Å². The lowest BCUT2D eigenvalue weighted by Crippen LogP contribution is -2.29. The van der Waals surface area contributed by atoms with Gasteiger partial charge in [-0.15, -0.1) is 0 Å². The third kappa shape index (κ3) is 3.22. The van der Waals surface area contributed by atoms with Crippen LogP contribution in [-0.2, 0) is 0 Å². The Morgan fingerprint density at radius 2 is 2.00 bits per heavy atom. The van der Waals surface area contributed by atoms with Crippen molar-refractivity contribution < 1.29 is 9.90 Å². The SMILES string of the molecule is Cc1cccc(C)c1C(=O)NCC(O)c1ccsc1. The van der Waals surface area contributed by atoms with Crippen LogP contribution in [0.15, 0.2) is 35.0 Å². The fraction of sp³-hybridized carbons (Fsp3) is 0.267. The first kappa shape index (κ1) is 13.8. The van der Waals surface area contributed by atoms with Gasteiger partial charge in [0.2, 0.25) is 0 Å².